The number of nitriles is 1. The predicted octanol–water partition coefficient (Wildman–Crippen LogP) is 4.13. The van der Waals surface area contributed by atoms with Crippen LogP contribution >= 0.6 is 0 Å². The molecule has 0 atom stereocenters. The maximum absolute atomic E-state index is 12.6. The van der Waals surface area contributed by atoms with E-state index in [-0.39, 0.29) is 11.3 Å². The molecule has 156 valence electrons. The summed E-state index contributed by atoms with van der Waals surface area (Å²) in [5.41, 5.74) is 3.71. The lowest BCUT2D eigenvalue weighted by atomic mass is 10.1. The number of esters is 1. The fraction of sp³-hybridized carbons (Fsp3) is 0.125. The number of rotatable bonds is 5. The summed E-state index contributed by atoms with van der Waals surface area (Å²) in [4.78, 5) is 24.7. The number of para-hydroxylation sites is 1. The highest BCUT2D eigenvalue weighted by Gasteiger charge is 2.18. The van der Waals surface area contributed by atoms with Crippen molar-refractivity contribution >= 4 is 23.6 Å². The van der Waals surface area contributed by atoms with Gasteiger partial charge >= 0.3 is 5.97 Å². The topological polar surface area (TPSA) is 104 Å². The molecule has 0 radical (unpaired) electrons. The Morgan fingerprint density at radius 1 is 1.13 bits per heavy atom. The lowest BCUT2D eigenvalue weighted by molar-refractivity contribution is -0.112. The molecule has 0 unspecified atom stereocenters. The second kappa shape index (κ2) is 9.01. The summed E-state index contributed by atoms with van der Waals surface area (Å²) in [6, 6.07) is 16.8. The van der Waals surface area contributed by atoms with Crippen LogP contribution in [0.25, 0.3) is 11.8 Å². The summed E-state index contributed by atoms with van der Waals surface area (Å²) in [6.07, 6.45) is 1.51. The molecular weight excluding hydrogens is 394 g/mol. The van der Waals surface area contributed by atoms with Gasteiger partial charge in [0.1, 0.15) is 17.4 Å². The van der Waals surface area contributed by atoms with Crippen molar-refractivity contribution in [1.82, 2.24) is 4.57 Å². The number of hydrogen-bond donors (Lipinski definition) is 2. The lowest BCUT2D eigenvalue weighted by Crippen LogP contribution is -2.13. The fourth-order valence-corrected chi connectivity index (χ4v) is 3.30. The van der Waals surface area contributed by atoms with Crippen LogP contribution in [0.3, 0.4) is 0 Å². The molecule has 0 aliphatic rings. The molecule has 0 aliphatic heterocycles. The van der Waals surface area contributed by atoms with Crippen LogP contribution in [0.15, 0.2) is 60.2 Å². The molecule has 7 nitrogen and oxygen atoms in total. The molecule has 1 heterocycles. The number of benzene rings is 2. The molecule has 0 saturated heterocycles. The Balaban J connectivity index is 1.98. The summed E-state index contributed by atoms with van der Waals surface area (Å²) in [5, 5.41) is 21.5. The molecule has 7 heteroatoms. The van der Waals surface area contributed by atoms with Crippen LogP contribution in [0, 0.1) is 25.2 Å². The van der Waals surface area contributed by atoms with E-state index in [4.69, 9.17) is 4.74 Å². The largest absolute Gasteiger partial charge is 0.508 e. The molecule has 1 aromatic heterocycles. The highest BCUT2D eigenvalue weighted by Crippen LogP contribution is 2.26. The van der Waals surface area contributed by atoms with Gasteiger partial charge in [-0.15, -0.1) is 0 Å². The van der Waals surface area contributed by atoms with Crippen molar-refractivity contribution in [2.24, 2.45) is 0 Å². The lowest BCUT2D eigenvalue weighted by Gasteiger charge is -2.13. The van der Waals surface area contributed by atoms with E-state index < -0.39 is 11.9 Å². The number of nitrogens with one attached hydrogen (secondary N) is 1. The average Bonchev–Trinajstić information content (AvgIpc) is 3.05. The number of methoxy groups -OCH3 is 1. The van der Waals surface area contributed by atoms with Crippen LogP contribution in [-0.2, 0) is 9.53 Å². The van der Waals surface area contributed by atoms with E-state index in [0.29, 0.717) is 22.5 Å². The minimum atomic E-state index is -0.562. The zero-order valence-corrected chi connectivity index (χ0v) is 17.3. The van der Waals surface area contributed by atoms with Gasteiger partial charge < -0.3 is 19.7 Å². The monoisotopic (exact) mass is 415 g/mol. The van der Waals surface area contributed by atoms with Crippen molar-refractivity contribution in [3.8, 4) is 17.5 Å². The SMILES string of the molecule is COC(=O)c1ccccc1-n1c(C)cc(/C=C(/C#N)C(=O)Nc2ccc(O)cc2)c1C. The van der Waals surface area contributed by atoms with Gasteiger partial charge in [-0.3, -0.25) is 4.79 Å². The van der Waals surface area contributed by atoms with Crippen LogP contribution in [0.2, 0.25) is 0 Å². The third kappa shape index (κ3) is 4.49. The molecule has 3 rings (SSSR count). The Hall–Kier alpha value is -4.31. The Bertz CT molecular complexity index is 1210. The van der Waals surface area contributed by atoms with Gasteiger partial charge in [0.25, 0.3) is 5.91 Å². The maximum Gasteiger partial charge on any atom is 0.339 e. The van der Waals surface area contributed by atoms with Crippen LogP contribution in [0.1, 0.15) is 27.3 Å². The van der Waals surface area contributed by atoms with Gasteiger partial charge in [-0.05, 0) is 68.0 Å². The number of phenolic OH excluding ortho intramolecular Hbond substituents is 1. The van der Waals surface area contributed by atoms with Crippen molar-refractivity contribution in [3.05, 3.63) is 82.7 Å². The smallest absolute Gasteiger partial charge is 0.339 e. The van der Waals surface area contributed by atoms with E-state index in [9.17, 15) is 20.0 Å². The fourth-order valence-electron chi connectivity index (χ4n) is 3.30. The summed E-state index contributed by atoms with van der Waals surface area (Å²) in [7, 11) is 1.33. The molecule has 2 aromatic carbocycles. The van der Waals surface area contributed by atoms with Gasteiger partial charge in [0, 0.05) is 17.1 Å². The third-order valence-electron chi connectivity index (χ3n) is 4.81. The number of carbonyl (C=O) groups excluding carboxylic acids is 2. The van der Waals surface area contributed by atoms with E-state index in [1.807, 2.05) is 42.7 Å². The average molecular weight is 415 g/mol. The highest BCUT2D eigenvalue weighted by atomic mass is 16.5. The van der Waals surface area contributed by atoms with Crippen molar-refractivity contribution in [1.29, 1.82) is 5.26 Å². The number of carbonyl (C=O) groups is 2. The second-order valence-electron chi connectivity index (χ2n) is 6.84. The molecule has 0 saturated carbocycles. The molecule has 2 N–H and O–H groups in total. The van der Waals surface area contributed by atoms with Gasteiger partial charge in [-0.2, -0.15) is 5.26 Å². The number of phenols is 1. The second-order valence-corrected chi connectivity index (χ2v) is 6.84. The number of aryl methyl sites for hydroxylation is 1. The summed E-state index contributed by atoms with van der Waals surface area (Å²) >= 11 is 0. The van der Waals surface area contributed by atoms with Crippen molar-refractivity contribution in [3.63, 3.8) is 0 Å². The third-order valence-corrected chi connectivity index (χ3v) is 4.81. The minimum Gasteiger partial charge on any atom is -0.508 e. The first-order valence-corrected chi connectivity index (χ1v) is 9.44. The van der Waals surface area contributed by atoms with Crippen LogP contribution in [0.4, 0.5) is 5.69 Å². The number of hydrogen-bond acceptors (Lipinski definition) is 5. The van der Waals surface area contributed by atoms with E-state index in [1.54, 1.807) is 12.1 Å². The standard InChI is InChI=1S/C24H21N3O4/c1-15-12-17(13-18(14-25)23(29)26-19-8-10-20(28)11-9-19)16(2)27(15)22-7-5-4-6-21(22)24(30)31-3/h4-13,28H,1-3H3,(H,26,29)/b18-13-. The predicted molar refractivity (Wildman–Crippen MR) is 117 cm³/mol. The zero-order valence-electron chi connectivity index (χ0n) is 17.3. The van der Waals surface area contributed by atoms with Gasteiger partial charge in [0.2, 0.25) is 0 Å². The van der Waals surface area contributed by atoms with E-state index in [2.05, 4.69) is 5.32 Å². The van der Waals surface area contributed by atoms with Crippen LogP contribution in [-0.4, -0.2) is 28.7 Å². The summed E-state index contributed by atoms with van der Waals surface area (Å²) < 4.78 is 6.77. The van der Waals surface area contributed by atoms with Crippen molar-refractivity contribution < 1.29 is 19.4 Å². The van der Waals surface area contributed by atoms with E-state index >= 15 is 0 Å². The molecular formula is C24H21N3O4. The van der Waals surface area contributed by atoms with Gasteiger partial charge in [0.05, 0.1) is 18.4 Å². The minimum absolute atomic E-state index is 0.0745. The van der Waals surface area contributed by atoms with Crippen molar-refractivity contribution in [2.45, 2.75) is 13.8 Å². The number of anilines is 1. The Labute approximate surface area is 179 Å². The number of aromatic hydroxyl groups is 1. The number of nitrogens with zero attached hydrogens (tertiary/aromatic N) is 2. The Morgan fingerprint density at radius 2 is 1.81 bits per heavy atom. The maximum atomic E-state index is 12.6. The molecule has 3 aromatic rings. The molecule has 0 aliphatic carbocycles. The number of ether oxygens (including phenoxy) is 1. The summed E-state index contributed by atoms with van der Waals surface area (Å²) in [5.74, 6) is -0.937. The zero-order chi connectivity index (χ0) is 22.5. The van der Waals surface area contributed by atoms with Crippen LogP contribution in [0.5, 0.6) is 5.75 Å². The van der Waals surface area contributed by atoms with Crippen molar-refractivity contribution in [2.75, 3.05) is 12.4 Å². The first-order valence-electron chi connectivity index (χ1n) is 9.44. The highest BCUT2D eigenvalue weighted by molar-refractivity contribution is 6.09. The Kier molecular flexibility index (Phi) is 6.22. The molecule has 1 amide bonds. The van der Waals surface area contributed by atoms with E-state index in [1.165, 1.54) is 37.5 Å². The van der Waals surface area contributed by atoms with Gasteiger partial charge in [-0.25, -0.2) is 4.79 Å². The molecule has 0 fully saturated rings. The number of aromatic nitrogens is 1. The normalized spacial score (nSPS) is 11.0. The molecule has 0 bridgehead atoms. The molecule has 31 heavy (non-hydrogen) atoms. The molecule has 0 spiro atoms. The number of amides is 1. The van der Waals surface area contributed by atoms with Gasteiger partial charge in [0.15, 0.2) is 0 Å². The first-order chi connectivity index (χ1) is 14.8. The first kappa shape index (κ1) is 21.4. The summed E-state index contributed by atoms with van der Waals surface area (Å²) in [6.45, 7) is 3.72. The van der Waals surface area contributed by atoms with Crippen LogP contribution < -0.4 is 5.32 Å². The Morgan fingerprint density at radius 3 is 2.45 bits per heavy atom. The quantitative estimate of drug-likeness (QED) is 0.282. The van der Waals surface area contributed by atoms with E-state index in [0.717, 1.165) is 11.4 Å². The van der Waals surface area contributed by atoms with Gasteiger partial charge in [-0.1, -0.05) is 12.1 Å².